The molecular weight excluding hydrogens is 392 g/mol. The van der Waals surface area contributed by atoms with E-state index in [9.17, 15) is 4.79 Å². The van der Waals surface area contributed by atoms with Crippen LogP contribution in [0.4, 0.5) is 0 Å². The van der Waals surface area contributed by atoms with Crippen LogP contribution in [0.25, 0.3) is 0 Å². The van der Waals surface area contributed by atoms with Gasteiger partial charge in [-0.05, 0) is 61.5 Å². The summed E-state index contributed by atoms with van der Waals surface area (Å²) < 4.78 is 0. The molecule has 0 aliphatic carbocycles. The molecule has 0 spiro atoms. The molecular formula is C29H34N2O. The Morgan fingerprint density at radius 1 is 0.812 bits per heavy atom. The van der Waals surface area contributed by atoms with Gasteiger partial charge in [0.25, 0.3) is 0 Å². The number of likely N-dealkylation sites (tertiary alicyclic amines) is 1. The summed E-state index contributed by atoms with van der Waals surface area (Å²) in [5, 5.41) is 3.16. The Bertz CT molecular complexity index is 895. The van der Waals surface area contributed by atoms with E-state index in [-0.39, 0.29) is 11.8 Å². The van der Waals surface area contributed by atoms with Gasteiger partial charge in [-0.15, -0.1) is 0 Å². The molecule has 0 aromatic heterocycles. The van der Waals surface area contributed by atoms with E-state index in [0.717, 1.165) is 32.6 Å². The highest BCUT2D eigenvalue weighted by molar-refractivity contribution is 5.77. The van der Waals surface area contributed by atoms with Crippen molar-refractivity contribution in [1.29, 1.82) is 0 Å². The van der Waals surface area contributed by atoms with Gasteiger partial charge in [0.15, 0.2) is 0 Å². The quantitative estimate of drug-likeness (QED) is 0.452. The first-order chi connectivity index (χ1) is 15.8. The predicted octanol–water partition coefficient (Wildman–Crippen LogP) is 5.59. The molecule has 0 unspecified atom stereocenters. The Balaban J connectivity index is 1.20. The van der Waals surface area contributed by atoms with Gasteiger partial charge >= 0.3 is 0 Å². The van der Waals surface area contributed by atoms with E-state index in [4.69, 9.17) is 0 Å². The Morgan fingerprint density at radius 2 is 1.34 bits per heavy atom. The second-order valence-corrected chi connectivity index (χ2v) is 8.81. The molecule has 3 aromatic rings. The van der Waals surface area contributed by atoms with Crippen LogP contribution in [0.2, 0.25) is 0 Å². The van der Waals surface area contributed by atoms with E-state index < -0.39 is 0 Å². The van der Waals surface area contributed by atoms with E-state index in [1.807, 2.05) is 36.4 Å². The number of nitrogens with one attached hydrogen (secondary N) is 1. The lowest BCUT2D eigenvalue weighted by molar-refractivity contribution is -0.121. The number of benzene rings is 3. The van der Waals surface area contributed by atoms with Gasteiger partial charge in [-0.2, -0.15) is 0 Å². The summed E-state index contributed by atoms with van der Waals surface area (Å²) in [7, 11) is 0. The summed E-state index contributed by atoms with van der Waals surface area (Å²) in [6.07, 6.45) is 3.94. The molecule has 32 heavy (non-hydrogen) atoms. The van der Waals surface area contributed by atoms with Gasteiger partial charge in [-0.1, -0.05) is 91.0 Å². The van der Waals surface area contributed by atoms with Crippen molar-refractivity contribution in [3.05, 3.63) is 108 Å². The molecule has 0 saturated carbocycles. The van der Waals surface area contributed by atoms with Crippen LogP contribution in [0.15, 0.2) is 91.0 Å². The molecule has 3 heteroatoms. The van der Waals surface area contributed by atoms with E-state index in [0.29, 0.717) is 12.3 Å². The summed E-state index contributed by atoms with van der Waals surface area (Å²) in [4.78, 5) is 15.3. The van der Waals surface area contributed by atoms with Crippen LogP contribution in [0, 0.1) is 0 Å². The molecule has 3 nitrogen and oxygen atoms in total. The molecule has 3 aromatic carbocycles. The molecule has 1 fully saturated rings. The molecule has 0 bridgehead atoms. The van der Waals surface area contributed by atoms with E-state index in [2.05, 4.69) is 64.8 Å². The minimum atomic E-state index is 0.0921. The van der Waals surface area contributed by atoms with Crippen molar-refractivity contribution < 1.29 is 4.79 Å². The molecule has 0 atom stereocenters. The average molecular weight is 427 g/mol. The maximum absolute atomic E-state index is 12.7. The van der Waals surface area contributed by atoms with Gasteiger partial charge in [-0.25, -0.2) is 0 Å². The van der Waals surface area contributed by atoms with Crippen LogP contribution >= 0.6 is 0 Å². The van der Waals surface area contributed by atoms with Crippen LogP contribution in [0.1, 0.15) is 54.2 Å². The van der Waals surface area contributed by atoms with E-state index in [1.165, 1.54) is 29.5 Å². The predicted molar refractivity (Wildman–Crippen MR) is 132 cm³/mol. The van der Waals surface area contributed by atoms with Crippen molar-refractivity contribution in [2.24, 2.45) is 0 Å². The van der Waals surface area contributed by atoms with Crippen molar-refractivity contribution in [2.45, 2.75) is 37.5 Å². The molecule has 1 amide bonds. The second-order valence-electron chi connectivity index (χ2n) is 8.81. The van der Waals surface area contributed by atoms with Crippen molar-refractivity contribution >= 4 is 5.91 Å². The Morgan fingerprint density at radius 3 is 1.91 bits per heavy atom. The fraction of sp³-hybridized carbons (Fsp3) is 0.345. The summed E-state index contributed by atoms with van der Waals surface area (Å²) in [5.41, 5.74) is 3.86. The van der Waals surface area contributed by atoms with Crippen LogP contribution in [0.5, 0.6) is 0 Å². The molecule has 1 aliphatic heterocycles. The van der Waals surface area contributed by atoms with Crippen molar-refractivity contribution in [1.82, 2.24) is 10.2 Å². The SMILES string of the molecule is O=C(CC(c1ccccc1)c1ccccc1)NCCCN1CCC(c2ccccc2)CC1. The normalized spacial score (nSPS) is 15.0. The zero-order valence-corrected chi connectivity index (χ0v) is 18.8. The van der Waals surface area contributed by atoms with Crippen LogP contribution < -0.4 is 5.32 Å². The van der Waals surface area contributed by atoms with Crippen molar-refractivity contribution in [3.63, 3.8) is 0 Å². The number of hydrogen-bond acceptors (Lipinski definition) is 2. The standard InChI is InChI=1S/C29H34N2O/c32-29(23-28(26-13-6-2-7-14-26)27-15-8-3-9-16-27)30-19-10-20-31-21-17-25(18-22-31)24-11-4-1-5-12-24/h1-9,11-16,25,28H,10,17-23H2,(H,30,32). The highest BCUT2D eigenvalue weighted by Gasteiger charge is 2.20. The van der Waals surface area contributed by atoms with Gasteiger partial charge in [0.2, 0.25) is 5.91 Å². The third kappa shape index (κ3) is 6.30. The smallest absolute Gasteiger partial charge is 0.220 e. The fourth-order valence-corrected chi connectivity index (χ4v) is 4.80. The zero-order valence-electron chi connectivity index (χ0n) is 18.8. The molecule has 1 aliphatic rings. The maximum Gasteiger partial charge on any atom is 0.220 e. The molecule has 166 valence electrons. The zero-order chi connectivity index (χ0) is 22.0. The van der Waals surface area contributed by atoms with E-state index >= 15 is 0 Å². The monoisotopic (exact) mass is 426 g/mol. The first-order valence-corrected chi connectivity index (χ1v) is 11.9. The fourth-order valence-electron chi connectivity index (χ4n) is 4.80. The van der Waals surface area contributed by atoms with Gasteiger partial charge in [0.05, 0.1) is 0 Å². The van der Waals surface area contributed by atoms with Crippen molar-refractivity contribution in [2.75, 3.05) is 26.2 Å². The first kappa shape index (κ1) is 22.3. The number of amides is 1. The number of carbonyl (C=O) groups is 1. The van der Waals surface area contributed by atoms with Crippen LogP contribution in [-0.4, -0.2) is 37.0 Å². The lowest BCUT2D eigenvalue weighted by atomic mass is 9.88. The van der Waals surface area contributed by atoms with Gasteiger partial charge in [0, 0.05) is 18.9 Å². The Labute approximate surface area is 192 Å². The lowest BCUT2D eigenvalue weighted by Crippen LogP contribution is -2.35. The number of piperidine rings is 1. The van der Waals surface area contributed by atoms with Gasteiger partial charge in [0.1, 0.15) is 0 Å². The number of rotatable bonds is 9. The third-order valence-corrected chi connectivity index (χ3v) is 6.63. The largest absolute Gasteiger partial charge is 0.356 e. The van der Waals surface area contributed by atoms with Crippen molar-refractivity contribution in [3.8, 4) is 0 Å². The Kier molecular flexibility index (Phi) is 8.11. The molecule has 1 heterocycles. The van der Waals surface area contributed by atoms with Crippen LogP contribution in [-0.2, 0) is 4.79 Å². The topological polar surface area (TPSA) is 32.3 Å². The highest BCUT2D eigenvalue weighted by Crippen LogP contribution is 2.28. The second kappa shape index (κ2) is 11.6. The summed E-state index contributed by atoms with van der Waals surface area (Å²) in [6.45, 7) is 4.10. The molecule has 1 saturated heterocycles. The summed E-state index contributed by atoms with van der Waals surface area (Å²) in [5.74, 6) is 0.917. The maximum atomic E-state index is 12.7. The summed E-state index contributed by atoms with van der Waals surface area (Å²) >= 11 is 0. The number of hydrogen-bond donors (Lipinski definition) is 1. The van der Waals surface area contributed by atoms with E-state index in [1.54, 1.807) is 0 Å². The molecule has 1 N–H and O–H groups in total. The minimum absolute atomic E-state index is 0.0921. The minimum Gasteiger partial charge on any atom is -0.356 e. The summed E-state index contributed by atoms with van der Waals surface area (Å²) in [6, 6.07) is 31.6. The third-order valence-electron chi connectivity index (χ3n) is 6.63. The Hall–Kier alpha value is -2.91. The average Bonchev–Trinajstić information content (AvgIpc) is 2.87. The molecule has 0 radical (unpaired) electrons. The highest BCUT2D eigenvalue weighted by atomic mass is 16.1. The van der Waals surface area contributed by atoms with Crippen LogP contribution in [0.3, 0.4) is 0 Å². The lowest BCUT2D eigenvalue weighted by Gasteiger charge is -2.32. The first-order valence-electron chi connectivity index (χ1n) is 11.9. The number of nitrogens with zero attached hydrogens (tertiary/aromatic N) is 1. The molecule has 4 rings (SSSR count). The van der Waals surface area contributed by atoms with Gasteiger partial charge < -0.3 is 10.2 Å². The number of carbonyl (C=O) groups excluding carboxylic acids is 1. The van der Waals surface area contributed by atoms with Gasteiger partial charge in [-0.3, -0.25) is 4.79 Å².